The van der Waals surface area contributed by atoms with Crippen LogP contribution >= 0.6 is 0 Å². The number of halogens is 1. The van der Waals surface area contributed by atoms with Crippen LogP contribution in [0.25, 0.3) is 11.1 Å². The molecule has 25 heavy (non-hydrogen) atoms. The summed E-state index contributed by atoms with van der Waals surface area (Å²) in [6.45, 7) is 1.91. The fraction of sp³-hybridized carbons (Fsp3) is 0.263. The Bertz CT molecular complexity index is 903. The van der Waals surface area contributed by atoms with Gasteiger partial charge >= 0.3 is 0 Å². The molecule has 0 fully saturated rings. The van der Waals surface area contributed by atoms with Gasteiger partial charge in [0.15, 0.2) is 5.58 Å². The van der Waals surface area contributed by atoms with Gasteiger partial charge in [0.1, 0.15) is 11.3 Å². The van der Waals surface area contributed by atoms with Crippen LogP contribution in [0.4, 0.5) is 10.4 Å². The number of benzene rings is 2. The molecule has 0 spiro atoms. The molecular weight excluding hydrogens is 321 g/mol. The molecule has 0 aliphatic rings. The molecule has 130 valence electrons. The third kappa shape index (κ3) is 3.33. The summed E-state index contributed by atoms with van der Waals surface area (Å²) >= 11 is 0. The van der Waals surface area contributed by atoms with Crippen molar-refractivity contribution in [3.63, 3.8) is 0 Å². The molecule has 1 heterocycles. The summed E-state index contributed by atoms with van der Waals surface area (Å²) in [4.78, 5) is 20.6. The zero-order valence-corrected chi connectivity index (χ0v) is 14.7. The van der Waals surface area contributed by atoms with Crippen LogP contribution in [0.5, 0.6) is 0 Å². The highest BCUT2D eigenvalue weighted by Crippen LogP contribution is 2.25. The second kappa shape index (κ2) is 6.55. The first-order chi connectivity index (χ1) is 11.9. The number of amides is 1. The highest BCUT2D eigenvalue weighted by molar-refractivity contribution is 5.97. The number of hydrogen-bond acceptors (Lipinski definition) is 4. The lowest BCUT2D eigenvalue weighted by Crippen LogP contribution is -2.29. The molecule has 0 aliphatic carbocycles. The summed E-state index contributed by atoms with van der Waals surface area (Å²) in [6, 6.07) is 11.7. The van der Waals surface area contributed by atoms with E-state index in [1.165, 1.54) is 12.1 Å². The molecule has 0 saturated carbocycles. The van der Waals surface area contributed by atoms with E-state index in [-0.39, 0.29) is 17.8 Å². The maximum Gasteiger partial charge on any atom is 0.297 e. The lowest BCUT2D eigenvalue weighted by Gasteiger charge is -2.25. The first-order valence-corrected chi connectivity index (χ1v) is 7.97. The molecule has 0 saturated heterocycles. The highest BCUT2D eigenvalue weighted by atomic mass is 19.1. The van der Waals surface area contributed by atoms with Crippen LogP contribution in [0.3, 0.4) is 0 Å². The number of carbonyl (C=O) groups excluding carboxylic acids is 1. The minimum atomic E-state index is -0.293. The zero-order valence-electron chi connectivity index (χ0n) is 14.7. The molecule has 1 aromatic heterocycles. The molecule has 5 nitrogen and oxygen atoms in total. The van der Waals surface area contributed by atoms with E-state index in [9.17, 15) is 9.18 Å². The highest BCUT2D eigenvalue weighted by Gasteiger charge is 2.20. The molecule has 0 radical (unpaired) electrons. The fourth-order valence-corrected chi connectivity index (χ4v) is 2.58. The Morgan fingerprint density at radius 3 is 2.44 bits per heavy atom. The predicted octanol–water partition coefficient (Wildman–Crippen LogP) is 3.87. The summed E-state index contributed by atoms with van der Waals surface area (Å²) in [5.74, 6) is -0.425. The maximum atomic E-state index is 13.1. The van der Waals surface area contributed by atoms with E-state index in [0.717, 1.165) is 5.56 Å². The second-order valence-electron chi connectivity index (χ2n) is 6.22. The monoisotopic (exact) mass is 341 g/mol. The number of rotatable bonds is 4. The van der Waals surface area contributed by atoms with Crippen LogP contribution < -0.4 is 4.90 Å². The van der Waals surface area contributed by atoms with Crippen LogP contribution in [0.1, 0.15) is 28.9 Å². The summed E-state index contributed by atoms with van der Waals surface area (Å²) in [6.07, 6.45) is 0. The number of nitrogens with zero attached hydrogens (tertiary/aromatic N) is 3. The lowest BCUT2D eigenvalue weighted by molar-refractivity contribution is 0.0743. The van der Waals surface area contributed by atoms with Gasteiger partial charge in [-0.05, 0) is 42.8 Å². The first kappa shape index (κ1) is 17.0. The molecule has 0 bridgehead atoms. The van der Waals surface area contributed by atoms with E-state index in [2.05, 4.69) is 4.98 Å². The van der Waals surface area contributed by atoms with Crippen LogP contribution in [-0.4, -0.2) is 36.9 Å². The Kier molecular flexibility index (Phi) is 4.44. The molecule has 0 aliphatic heterocycles. The van der Waals surface area contributed by atoms with E-state index < -0.39 is 0 Å². The number of carbonyl (C=O) groups is 1. The Hall–Kier alpha value is -2.89. The Morgan fingerprint density at radius 1 is 1.12 bits per heavy atom. The summed E-state index contributed by atoms with van der Waals surface area (Å²) < 4.78 is 18.7. The summed E-state index contributed by atoms with van der Waals surface area (Å²) in [5.41, 5.74) is 2.67. The summed E-state index contributed by atoms with van der Waals surface area (Å²) in [5, 5.41) is 0. The number of oxazole rings is 1. The van der Waals surface area contributed by atoms with Crippen molar-refractivity contribution in [2.45, 2.75) is 13.0 Å². The van der Waals surface area contributed by atoms with Gasteiger partial charge in [0.05, 0.1) is 6.04 Å². The standard InChI is InChI=1S/C19H20FN3O2/c1-12(13-5-8-15(20)9-6-13)23(4)18(24)14-7-10-17-16(11-14)21-19(25-17)22(2)3/h5-12H,1-4H3/t12-/m0/s1. The number of aromatic nitrogens is 1. The van der Waals surface area contributed by atoms with Gasteiger partial charge < -0.3 is 14.2 Å². The third-order valence-electron chi connectivity index (χ3n) is 4.26. The zero-order chi connectivity index (χ0) is 18.1. The van der Waals surface area contributed by atoms with E-state index >= 15 is 0 Å². The predicted molar refractivity (Wildman–Crippen MR) is 95.2 cm³/mol. The minimum Gasteiger partial charge on any atom is -0.423 e. The smallest absolute Gasteiger partial charge is 0.297 e. The van der Waals surface area contributed by atoms with Gasteiger partial charge in [-0.1, -0.05) is 12.1 Å². The van der Waals surface area contributed by atoms with Crippen molar-refractivity contribution >= 4 is 23.0 Å². The van der Waals surface area contributed by atoms with Gasteiger partial charge in [0.25, 0.3) is 11.9 Å². The van der Waals surface area contributed by atoms with Gasteiger partial charge in [0, 0.05) is 26.7 Å². The van der Waals surface area contributed by atoms with Gasteiger partial charge in [-0.3, -0.25) is 4.79 Å². The van der Waals surface area contributed by atoms with E-state index in [1.54, 1.807) is 47.2 Å². The van der Waals surface area contributed by atoms with Crippen molar-refractivity contribution in [3.8, 4) is 0 Å². The first-order valence-electron chi connectivity index (χ1n) is 7.97. The number of fused-ring (bicyclic) bond motifs is 1. The van der Waals surface area contributed by atoms with Crippen molar-refractivity contribution in [1.29, 1.82) is 0 Å². The quantitative estimate of drug-likeness (QED) is 0.723. The second-order valence-corrected chi connectivity index (χ2v) is 6.22. The normalized spacial score (nSPS) is 12.2. The average molecular weight is 341 g/mol. The molecule has 3 rings (SSSR count). The van der Waals surface area contributed by atoms with E-state index in [1.807, 2.05) is 21.0 Å². The average Bonchev–Trinajstić information content (AvgIpc) is 3.04. The minimum absolute atomic E-state index is 0.131. The van der Waals surface area contributed by atoms with Crippen LogP contribution in [-0.2, 0) is 0 Å². The Balaban J connectivity index is 1.86. The third-order valence-corrected chi connectivity index (χ3v) is 4.26. The lowest BCUT2D eigenvalue weighted by atomic mass is 10.1. The molecule has 1 atom stereocenters. The van der Waals surface area contributed by atoms with Gasteiger partial charge in [0.2, 0.25) is 0 Å². The van der Waals surface area contributed by atoms with Crippen molar-refractivity contribution in [2.24, 2.45) is 0 Å². The summed E-state index contributed by atoms with van der Waals surface area (Å²) in [7, 11) is 5.42. The van der Waals surface area contributed by atoms with Crippen molar-refractivity contribution < 1.29 is 13.6 Å². The molecular formula is C19H20FN3O2. The van der Waals surface area contributed by atoms with Gasteiger partial charge in [-0.2, -0.15) is 4.98 Å². The van der Waals surface area contributed by atoms with E-state index in [0.29, 0.717) is 22.7 Å². The van der Waals surface area contributed by atoms with E-state index in [4.69, 9.17) is 4.42 Å². The van der Waals surface area contributed by atoms with Crippen LogP contribution in [0.2, 0.25) is 0 Å². The SMILES string of the molecule is C[C@@H](c1ccc(F)cc1)N(C)C(=O)c1ccc2oc(N(C)C)nc2c1. The number of anilines is 1. The van der Waals surface area contributed by atoms with Crippen molar-refractivity contribution in [3.05, 3.63) is 59.4 Å². The Labute approximate surface area is 145 Å². The Morgan fingerprint density at radius 2 is 1.80 bits per heavy atom. The molecule has 0 unspecified atom stereocenters. The van der Waals surface area contributed by atoms with Crippen LogP contribution in [0.15, 0.2) is 46.9 Å². The maximum absolute atomic E-state index is 13.1. The topological polar surface area (TPSA) is 49.6 Å². The van der Waals surface area contributed by atoms with Gasteiger partial charge in [-0.15, -0.1) is 0 Å². The molecule has 6 heteroatoms. The number of hydrogen-bond donors (Lipinski definition) is 0. The molecule has 1 amide bonds. The van der Waals surface area contributed by atoms with Crippen molar-refractivity contribution in [1.82, 2.24) is 9.88 Å². The molecule has 3 aromatic rings. The fourth-order valence-electron chi connectivity index (χ4n) is 2.58. The molecule has 2 aromatic carbocycles. The van der Waals surface area contributed by atoms with Crippen LogP contribution in [0, 0.1) is 5.82 Å². The molecule has 0 N–H and O–H groups in total. The largest absolute Gasteiger partial charge is 0.423 e. The van der Waals surface area contributed by atoms with Gasteiger partial charge in [-0.25, -0.2) is 4.39 Å². The van der Waals surface area contributed by atoms with Crippen molar-refractivity contribution in [2.75, 3.05) is 26.0 Å².